The van der Waals surface area contributed by atoms with Crippen molar-refractivity contribution in [2.75, 3.05) is 12.0 Å². The van der Waals surface area contributed by atoms with Crippen molar-refractivity contribution in [1.82, 2.24) is 14.9 Å². The van der Waals surface area contributed by atoms with Gasteiger partial charge in [0.15, 0.2) is 5.11 Å². The SMILES string of the molecule is COc1ccc(N2C(=S)N[C@@H](c3ccccn3)[C@H]2c2cccn2Cc2ccco2)cc1Cl. The van der Waals surface area contributed by atoms with Gasteiger partial charge in [-0.2, -0.15) is 0 Å². The summed E-state index contributed by atoms with van der Waals surface area (Å²) in [6.45, 7) is 0.616. The molecule has 1 N–H and O–H groups in total. The highest BCUT2D eigenvalue weighted by Gasteiger charge is 2.42. The molecule has 0 radical (unpaired) electrons. The second-order valence-electron chi connectivity index (χ2n) is 7.46. The van der Waals surface area contributed by atoms with E-state index in [1.807, 2.05) is 60.8 Å². The molecular formula is C24H21ClN4O2S. The molecule has 0 aliphatic carbocycles. The van der Waals surface area contributed by atoms with Crippen LogP contribution in [0.15, 0.2) is 83.7 Å². The van der Waals surface area contributed by atoms with Crippen molar-refractivity contribution >= 4 is 34.6 Å². The number of pyridine rings is 1. The Morgan fingerprint density at radius 2 is 2.06 bits per heavy atom. The van der Waals surface area contributed by atoms with Crippen LogP contribution in [0, 0.1) is 0 Å². The Morgan fingerprint density at radius 3 is 2.78 bits per heavy atom. The summed E-state index contributed by atoms with van der Waals surface area (Å²) in [5.74, 6) is 1.50. The molecule has 6 nitrogen and oxygen atoms in total. The largest absolute Gasteiger partial charge is 0.495 e. The number of hydrogen-bond donors (Lipinski definition) is 1. The summed E-state index contributed by atoms with van der Waals surface area (Å²) in [4.78, 5) is 6.70. The van der Waals surface area contributed by atoms with E-state index in [1.54, 1.807) is 19.6 Å². The van der Waals surface area contributed by atoms with Crippen molar-refractivity contribution < 1.29 is 9.15 Å². The minimum atomic E-state index is -0.146. The van der Waals surface area contributed by atoms with Crippen LogP contribution in [0.5, 0.6) is 5.75 Å². The molecule has 0 bridgehead atoms. The van der Waals surface area contributed by atoms with E-state index in [0.717, 1.165) is 22.8 Å². The fraction of sp³-hybridized carbons (Fsp3) is 0.167. The number of methoxy groups -OCH3 is 1. The number of halogens is 1. The van der Waals surface area contributed by atoms with Crippen molar-refractivity contribution in [3.8, 4) is 5.75 Å². The Kier molecular flexibility index (Phi) is 5.59. The summed E-state index contributed by atoms with van der Waals surface area (Å²) in [7, 11) is 1.60. The lowest BCUT2D eigenvalue weighted by Gasteiger charge is -2.29. The zero-order valence-electron chi connectivity index (χ0n) is 17.3. The minimum Gasteiger partial charge on any atom is -0.495 e. The predicted octanol–water partition coefficient (Wildman–Crippen LogP) is 5.36. The van der Waals surface area contributed by atoms with E-state index in [9.17, 15) is 0 Å². The maximum absolute atomic E-state index is 6.46. The summed E-state index contributed by atoms with van der Waals surface area (Å²) in [5.41, 5.74) is 2.87. The minimum absolute atomic E-state index is 0.144. The average Bonchev–Trinajstić information content (AvgIpc) is 3.55. The first-order valence-corrected chi connectivity index (χ1v) is 11.0. The van der Waals surface area contributed by atoms with Gasteiger partial charge in [0, 0.05) is 23.8 Å². The van der Waals surface area contributed by atoms with Gasteiger partial charge >= 0.3 is 0 Å². The topological polar surface area (TPSA) is 55.5 Å². The van der Waals surface area contributed by atoms with E-state index >= 15 is 0 Å². The Balaban J connectivity index is 1.61. The maximum atomic E-state index is 6.46. The molecule has 0 saturated carbocycles. The number of furan rings is 1. The number of benzene rings is 1. The average molecular weight is 465 g/mol. The van der Waals surface area contributed by atoms with E-state index in [-0.39, 0.29) is 12.1 Å². The van der Waals surface area contributed by atoms with Gasteiger partial charge in [-0.25, -0.2) is 0 Å². The third kappa shape index (κ3) is 3.74. The Bertz CT molecular complexity index is 1230. The van der Waals surface area contributed by atoms with E-state index in [2.05, 4.69) is 25.8 Å². The molecular weight excluding hydrogens is 444 g/mol. The highest BCUT2D eigenvalue weighted by atomic mass is 35.5. The molecule has 1 aromatic carbocycles. The molecule has 4 aromatic rings. The smallest absolute Gasteiger partial charge is 0.174 e. The molecule has 162 valence electrons. The molecule has 3 aromatic heterocycles. The quantitative estimate of drug-likeness (QED) is 0.387. The monoisotopic (exact) mass is 464 g/mol. The van der Waals surface area contributed by atoms with Crippen molar-refractivity contribution in [3.05, 3.63) is 101 Å². The number of thiocarbonyl (C=S) groups is 1. The number of rotatable bonds is 6. The highest BCUT2D eigenvalue weighted by Crippen LogP contribution is 2.43. The first-order valence-electron chi connectivity index (χ1n) is 10.2. The molecule has 1 fully saturated rings. The number of hydrogen-bond acceptors (Lipinski definition) is 4. The summed E-state index contributed by atoms with van der Waals surface area (Å²) >= 11 is 12.3. The third-order valence-electron chi connectivity index (χ3n) is 5.59. The zero-order valence-corrected chi connectivity index (χ0v) is 18.9. The Labute approximate surface area is 196 Å². The van der Waals surface area contributed by atoms with Crippen LogP contribution in [0.2, 0.25) is 5.02 Å². The van der Waals surface area contributed by atoms with Crippen molar-refractivity contribution in [2.45, 2.75) is 18.6 Å². The second-order valence-corrected chi connectivity index (χ2v) is 8.25. The normalized spacial score (nSPS) is 18.1. The van der Waals surface area contributed by atoms with Crippen molar-refractivity contribution in [1.29, 1.82) is 0 Å². The van der Waals surface area contributed by atoms with E-state index in [4.69, 9.17) is 33.0 Å². The van der Waals surface area contributed by atoms with Crippen LogP contribution in [-0.4, -0.2) is 21.8 Å². The van der Waals surface area contributed by atoms with E-state index < -0.39 is 0 Å². The first-order chi connectivity index (χ1) is 15.7. The van der Waals surface area contributed by atoms with Crippen LogP contribution >= 0.6 is 23.8 Å². The molecule has 0 amide bonds. The molecule has 0 unspecified atom stereocenters. The van der Waals surface area contributed by atoms with Crippen molar-refractivity contribution in [3.63, 3.8) is 0 Å². The fourth-order valence-electron chi connectivity index (χ4n) is 4.15. The van der Waals surface area contributed by atoms with E-state index in [1.165, 1.54) is 0 Å². The zero-order chi connectivity index (χ0) is 22.1. The second kappa shape index (κ2) is 8.68. The summed E-state index contributed by atoms with van der Waals surface area (Å²) in [6, 6.07) is 19.3. The summed E-state index contributed by atoms with van der Waals surface area (Å²) in [5, 5.41) is 4.61. The number of anilines is 1. The number of nitrogens with zero attached hydrogens (tertiary/aromatic N) is 3. The van der Waals surface area contributed by atoms with Gasteiger partial charge in [-0.1, -0.05) is 17.7 Å². The molecule has 4 heterocycles. The molecule has 2 atom stereocenters. The number of aromatic nitrogens is 2. The van der Waals surface area contributed by atoms with E-state index in [0.29, 0.717) is 22.4 Å². The van der Waals surface area contributed by atoms with Crippen LogP contribution in [0.3, 0.4) is 0 Å². The van der Waals surface area contributed by atoms with Crippen molar-refractivity contribution in [2.24, 2.45) is 0 Å². The maximum Gasteiger partial charge on any atom is 0.174 e. The van der Waals surface area contributed by atoms with Gasteiger partial charge in [-0.05, 0) is 66.8 Å². The molecule has 8 heteroatoms. The van der Waals surface area contributed by atoms with Crippen LogP contribution in [-0.2, 0) is 6.54 Å². The van der Waals surface area contributed by atoms with Crippen LogP contribution in [0.1, 0.15) is 29.2 Å². The van der Waals surface area contributed by atoms with Gasteiger partial charge in [-0.15, -0.1) is 0 Å². The Morgan fingerprint density at radius 1 is 1.16 bits per heavy atom. The lowest BCUT2D eigenvalue weighted by Crippen LogP contribution is -2.30. The van der Waals surface area contributed by atoms with Crippen LogP contribution in [0.4, 0.5) is 5.69 Å². The lowest BCUT2D eigenvalue weighted by atomic mass is 10.0. The van der Waals surface area contributed by atoms with Gasteiger partial charge in [0.25, 0.3) is 0 Å². The van der Waals surface area contributed by atoms with Gasteiger partial charge in [0.1, 0.15) is 17.6 Å². The number of ether oxygens (including phenoxy) is 1. The third-order valence-corrected chi connectivity index (χ3v) is 6.20. The molecule has 32 heavy (non-hydrogen) atoms. The summed E-state index contributed by atoms with van der Waals surface area (Å²) in [6.07, 6.45) is 5.53. The molecule has 1 saturated heterocycles. The fourth-order valence-corrected chi connectivity index (χ4v) is 4.75. The Hall–Kier alpha value is -3.29. The van der Waals surface area contributed by atoms with Gasteiger partial charge < -0.3 is 23.9 Å². The van der Waals surface area contributed by atoms with Gasteiger partial charge in [0.2, 0.25) is 0 Å². The molecule has 1 aliphatic heterocycles. The van der Waals surface area contributed by atoms with Crippen LogP contribution in [0.25, 0.3) is 0 Å². The van der Waals surface area contributed by atoms with Crippen LogP contribution < -0.4 is 15.0 Å². The molecule has 0 spiro atoms. The van der Waals surface area contributed by atoms with Gasteiger partial charge in [-0.3, -0.25) is 4.98 Å². The number of nitrogens with one attached hydrogen (secondary N) is 1. The standard InChI is InChI=1S/C24H21ClN4O2S/c1-30-21-10-9-16(14-18(21)25)29-23(22(27-24(29)32)19-7-2-3-11-26-19)20-8-4-12-28(20)15-17-6-5-13-31-17/h2-14,22-23H,15H2,1H3,(H,27,32)/t22-,23+/m0/s1. The molecule has 5 rings (SSSR count). The molecule has 1 aliphatic rings. The predicted molar refractivity (Wildman–Crippen MR) is 128 cm³/mol. The lowest BCUT2D eigenvalue weighted by molar-refractivity contribution is 0.415. The highest BCUT2D eigenvalue weighted by molar-refractivity contribution is 7.80. The van der Waals surface area contributed by atoms with Gasteiger partial charge in [0.05, 0.1) is 36.7 Å². The first kappa shape index (κ1) is 20.6. The summed E-state index contributed by atoms with van der Waals surface area (Å²) < 4.78 is 13.1.